The van der Waals surface area contributed by atoms with Gasteiger partial charge in [-0.2, -0.15) is 0 Å². The number of aliphatic hydroxyl groups excluding tert-OH is 1. The molecule has 0 saturated heterocycles. The minimum Gasteiger partial charge on any atom is -0.392 e. The number of hydrogen-bond acceptors (Lipinski definition) is 4. The zero-order chi connectivity index (χ0) is 15.1. The van der Waals surface area contributed by atoms with Crippen molar-refractivity contribution in [2.45, 2.75) is 52.3 Å². The molecule has 1 fully saturated rings. The number of rotatable bonds is 4. The Hall–Kier alpha value is -1.46. The number of aliphatic hydroxyl groups is 1. The largest absolute Gasteiger partial charge is 0.392 e. The highest BCUT2D eigenvalue weighted by atomic mass is 16.6. The van der Waals surface area contributed by atoms with Crippen molar-refractivity contribution in [2.75, 3.05) is 0 Å². The molecule has 1 aromatic carbocycles. The molecule has 20 heavy (non-hydrogen) atoms. The molecule has 0 amide bonds. The van der Waals surface area contributed by atoms with Crippen molar-refractivity contribution < 1.29 is 10.0 Å². The molecule has 0 aromatic heterocycles. The Morgan fingerprint density at radius 2 is 2.15 bits per heavy atom. The van der Waals surface area contributed by atoms with Crippen molar-refractivity contribution in [2.24, 2.45) is 5.41 Å². The number of benzene rings is 1. The van der Waals surface area contributed by atoms with Gasteiger partial charge in [-0.25, -0.2) is 0 Å². The molecule has 2 rings (SSSR count). The second-order valence-electron chi connectivity index (χ2n) is 6.32. The summed E-state index contributed by atoms with van der Waals surface area (Å²) in [4.78, 5) is 10.6. The van der Waals surface area contributed by atoms with Crippen LogP contribution in [0, 0.1) is 22.5 Å². The van der Waals surface area contributed by atoms with Crippen LogP contribution in [0.25, 0.3) is 0 Å². The van der Waals surface area contributed by atoms with Gasteiger partial charge in [0.2, 0.25) is 0 Å². The van der Waals surface area contributed by atoms with Crippen LogP contribution in [0.3, 0.4) is 0 Å². The maximum Gasteiger partial charge on any atom is 0.272 e. The van der Waals surface area contributed by atoms with Gasteiger partial charge in [0, 0.05) is 29.1 Å². The standard InChI is InChI=1S/C15H22N2O3/c1-9-5-6-11(7-12(9)17(19)20)10(2)16-13-8-14(18)15(13,3)4/h5-7,10,13-14,16,18H,8H2,1-4H3. The molecular formula is C15H22N2O3. The topological polar surface area (TPSA) is 75.4 Å². The quantitative estimate of drug-likeness (QED) is 0.656. The summed E-state index contributed by atoms with van der Waals surface area (Å²) >= 11 is 0. The van der Waals surface area contributed by atoms with Gasteiger partial charge in [0.15, 0.2) is 0 Å². The summed E-state index contributed by atoms with van der Waals surface area (Å²) in [7, 11) is 0. The predicted octanol–water partition coefficient (Wildman–Crippen LogP) is 2.71. The van der Waals surface area contributed by atoms with Gasteiger partial charge in [0.25, 0.3) is 5.69 Å². The maximum absolute atomic E-state index is 11.0. The first-order valence-corrected chi connectivity index (χ1v) is 6.92. The van der Waals surface area contributed by atoms with Crippen LogP contribution in [0.1, 0.15) is 44.4 Å². The van der Waals surface area contributed by atoms with E-state index in [0.717, 1.165) is 12.0 Å². The molecule has 1 aliphatic rings. The molecule has 1 aromatic rings. The molecular weight excluding hydrogens is 256 g/mol. The van der Waals surface area contributed by atoms with Crippen LogP contribution < -0.4 is 5.32 Å². The normalized spacial score (nSPS) is 25.9. The average Bonchev–Trinajstić information content (AvgIpc) is 2.38. The van der Waals surface area contributed by atoms with E-state index in [1.807, 2.05) is 26.8 Å². The van der Waals surface area contributed by atoms with Crippen LogP contribution in [0.2, 0.25) is 0 Å². The number of nitrogens with zero attached hydrogens (tertiary/aromatic N) is 1. The van der Waals surface area contributed by atoms with E-state index in [9.17, 15) is 15.2 Å². The molecule has 110 valence electrons. The Labute approximate surface area is 119 Å². The van der Waals surface area contributed by atoms with Crippen LogP contribution >= 0.6 is 0 Å². The number of nitrogens with one attached hydrogen (secondary N) is 1. The van der Waals surface area contributed by atoms with Crippen molar-refractivity contribution >= 4 is 5.69 Å². The molecule has 3 unspecified atom stereocenters. The van der Waals surface area contributed by atoms with E-state index in [1.165, 1.54) is 0 Å². The van der Waals surface area contributed by atoms with Crippen molar-refractivity contribution in [3.05, 3.63) is 39.4 Å². The zero-order valence-electron chi connectivity index (χ0n) is 12.4. The lowest BCUT2D eigenvalue weighted by molar-refractivity contribution is -0.385. The lowest BCUT2D eigenvalue weighted by Gasteiger charge is -2.50. The summed E-state index contributed by atoms with van der Waals surface area (Å²) in [5, 5.41) is 24.2. The molecule has 0 spiro atoms. The smallest absolute Gasteiger partial charge is 0.272 e. The molecule has 1 aliphatic carbocycles. The Morgan fingerprint density at radius 3 is 2.65 bits per heavy atom. The number of aryl methyl sites for hydroxylation is 1. The van der Waals surface area contributed by atoms with Gasteiger partial charge in [-0.15, -0.1) is 0 Å². The van der Waals surface area contributed by atoms with Gasteiger partial charge in [-0.1, -0.05) is 26.0 Å². The molecule has 3 atom stereocenters. The van der Waals surface area contributed by atoms with Crippen molar-refractivity contribution in [1.82, 2.24) is 5.32 Å². The summed E-state index contributed by atoms with van der Waals surface area (Å²) in [5.41, 5.74) is 1.58. The Bertz CT molecular complexity index is 528. The van der Waals surface area contributed by atoms with Crippen molar-refractivity contribution in [3.63, 3.8) is 0 Å². The maximum atomic E-state index is 11.0. The fraction of sp³-hybridized carbons (Fsp3) is 0.600. The summed E-state index contributed by atoms with van der Waals surface area (Å²) in [6.45, 7) is 7.80. The van der Waals surface area contributed by atoms with E-state index in [0.29, 0.717) is 5.56 Å². The van der Waals surface area contributed by atoms with Gasteiger partial charge in [0.1, 0.15) is 0 Å². The van der Waals surface area contributed by atoms with Gasteiger partial charge >= 0.3 is 0 Å². The third-order valence-electron chi connectivity index (χ3n) is 4.60. The number of hydrogen-bond donors (Lipinski definition) is 2. The van der Waals surface area contributed by atoms with E-state index >= 15 is 0 Å². The predicted molar refractivity (Wildman–Crippen MR) is 77.6 cm³/mol. The van der Waals surface area contributed by atoms with Gasteiger partial charge < -0.3 is 10.4 Å². The number of nitro benzene ring substituents is 1. The van der Waals surface area contributed by atoms with E-state index < -0.39 is 0 Å². The minimum absolute atomic E-state index is 0.0195. The Morgan fingerprint density at radius 1 is 1.50 bits per heavy atom. The van der Waals surface area contributed by atoms with Crippen LogP contribution in [0.15, 0.2) is 18.2 Å². The molecule has 0 radical (unpaired) electrons. The van der Waals surface area contributed by atoms with E-state index in [2.05, 4.69) is 5.32 Å². The van der Waals surface area contributed by atoms with Crippen LogP contribution in [0.5, 0.6) is 0 Å². The SMILES string of the molecule is Cc1ccc(C(C)NC2CC(O)C2(C)C)cc1[N+](=O)[O-]. The average molecular weight is 278 g/mol. The van der Waals surface area contributed by atoms with Crippen molar-refractivity contribution in [1.29, 1.82) is 0 Å². The molecule has 0 aliphatic heterocycles. The Balaban J connectivity index is 2.12. The highest BCUT2D eigenvalue weighted by Gasteiger charge is 2.47. The van der Waals surface area contributed by atoms with Gasteiger partial charge in [-0.05, 0) is 25.8 Å². The first-order valence-electron chi connectivity index (χ1n) is 6.92. The zero-order valence-corrected chi connectivity index (χ0v) is 12.4. The highest BCUT2D eigenvalue weighted by molar-refractivity contribution is 5.43. The summed E-state index contributed by atoms with van der Waals surface area (Å²) in [5.74, 6) is 0. The highest BCUT2D eigenvalue weighted by Crippen LogP contribution is 2.41. The second-order valence-corrected chi connectivity index (χ2v) is 6.32. The van der Waals surface area contributed by atoms with Gasteiger partial charge in [-0.3, -0.25) is 10.1 Å². The number of nitro groups is 1. The van der Waals surface area contributed by atoms with E-state index in [-0.39, 0.29) is 34.2 Å². The summed E-state index contributed by atoms with van der Waals surface area (Å²) < 4.78 is 0. The lowest BCUT2D eigenvalue weighted by atomic mass is 9.64. The van der Waals surface area contributed by atoms with Gasteiger partial charge in [0.05, 0.1) is 11.0 Å². The molecule has 1 saturated carbocycles. The molecule has 0 bridgehead atoms. The summed E-state index contributed by atoms with van der Waals surface area (Å²) in [6, 6.07) is 5.59. The molecule has 5 nitrogen and oxygen atoms in total. The Kier molecular flexibility index (Phi) is 3.84. The second kappa shape index (κ2) is 5.14. The minimum atomic E-state index is -0.345. The van der Waals surface area contributed by atoms with Crippen LogP contribution in [0.4, 0.5) is 5.69 Å². The van der Waals surface area contributed by atoms with Crippen LogP contribution in [-0.4, -0.2) is 22.2 Å². The van der Waals surface area contributed by atoms with E-state index in [1.54, 1.807) is 19.1 Å². The fourth-order valence-electron chi connectivity index (χ4n) is 2.68. The van der Waals surface area contributed by atoms with E-state index in [4.69, 9.17) is 0 Å². The first kappa shape index (κ1) is 14.9. The fourth-order valence-corrected chi connectivity index (χ4v) is 2.68. The molecule has 2 N–H and O–H groups in total. The molecule has 5 heteroatoms. The summed E-state index contributed by atoms with van der Waals surface area (Å²) in [6.07, 6.45) is 0.449. The van der Waals surface area contributed by atoms with Crippen LogP contribution in [-0.2, 0) is 0 Å². The lowest BCUT2D eigenvalue weighted by Crippen LogP contribution is -2.60. The van der Waals surface area contributed by atoms with Crippen molar-refractivity contribution in [3.8, 4) is 0 Å². The third-order valence-corrected chi connectivity index (χ3v) is 4.60. The first-order chi connectivity index (χ1) is 9.23. The monoisotopic (exact) mass is 278 g/mol. The third kappa shape index (κ3) is 2.55. The molecule has 0 heterocycles.